The standard InChI is InChI=1S/C28H29Cl2FN2O2S/c1-2-14-32-28(35)26(15-20-8-4-3-5-9-20)33(17-21-12-13-23(29)16-24(21)30)27(34)19-36-18-22-10-6-7-11-25(22)31/h3-13,16,26H,2,14-15,17-19H2,1H3,(H,32,35)/t26-/m1/s1. The molecule has 2 amide bonds. The van der Waals surface area contributed by atoms with Crippen molar-refractivity contribution in [2.75, 3.05) is 12.3 Å². The van der Waals surface area contributed by atoms with Gasteiger partial charge in [-0.25, -0.2) is 4.39 Å². The number of carbonyl (C=O) groups excluding carboxylic acids is 2. The zero-order chi connectivity index (χ0) is 25.9. The third-order valence-corrected chi connectivity index (χ3v) is 7.17. The number of amides is 2. The number of hydrogen-bond donors (Lipinski definition) is 1. The second kappa shape index (κ2) is 14.3. The number of benzene rings is 3. The van der Waals surface area contributed by atoms with Crippen LogP contribution in [-0.2, 0) is 28.3 Å². The third kappa shape index (κ3) is 8.26. The van der Waals surface area contributed by atoms with Gasteiger partial charge in [-0.2, -0.15) is 0 Å². The Morgan fingerprint density at radius 1 is 1.00 bits per heavy atom. The van der Waals surface area contributed by atoms with Crippen LogP contribution in [0.2, 0.25) is 10.0 Å². The highest BCUT2D eigenvalue weighted by Crippen LogP contribution is 2.25. The van der Waals surface area contributed by atoms with Crippen molar-refractivity contribution in [1.82, 2.24) is 10.2 Å². The molecule has 1 N–H and O–H groups in total. The molecule has 0 spiro atoms. The van der Waals surface area contributed by atoms with Gasteiger partial charge in [0.05, 0.1) is 5.75 Å². The molecule has 8 heteroatoms. The van der Waals surface area contributed by atoms with E-state index >= 15 is 0 Å². The summed E-state index contributed by atoms with van der Waals surface area (Å²) in [7, 11) is 0. The highest BCUT2D eigenvalue weighted by molar-refractivity contribution is 7.99. The summed E-state index contributed by atoms with van der Waals surface area (Å²) in [6.07, 6.45) is 1.13. The summed E-state index contributed by atoms with van der Waals surface area (Å²) in [5, 5.41) is 3.86. The van der Waals surface area contributed by atoms with Crippen molar-refractivity contribution in [3.05, 3.63) is 105 Å². The number of nitrogens with one attached hydrogen (secondary N) is 1. The fourth-order valence-electron chi connectivity index (χ4n) is 3.70. The Labute approximate surface area is 226 Å². The maximum atomic E-state index is 14.0. The lowest BCUT2D eigenvalue weighted by molar-refractivity contribution is -0.139. The predicted molar refractivity (Wildman–Crippen MR) is 147 cm³/mol. The minimum absolute atomic E-state index is 0.0892. The van der Waals surface area contributed by atoms with E-state index in [0.717, 1.165) is 12.0 Å². The van der Waals surface area contributed by atoms with Crippen molar-refractivity contribution < 1.29 is 14.0 Å². The summed E-state index contributed by atoms with van der Waals surface area (Å²) < 4.78 is 14.0. The predicted octanol–water partition coefficient (Wildman–Crippen LogP) is 6.53. The van der Waals surface area contributed by atoms with Crippen molar-refractivity contribution in [3.63, 3.8) is 0 Å². The number of hydrogen-bond acceptors (Lipinski definition) is 3. The molecule has 0 heterocycles. The van der Waals surface area contributed by atoms with Crippen molar-refractivity contribution in [1.29, 1.82) is 0 Å². The van der Waals surface area contributed by atoms with Gasteiger partial charge in [-0.1, -0.05) is 84.7 Å². The molecule has 36 heavy (non-hydrogen) atoms. The number of halogens is 3. The number of rotatable bonds is 12. The summed E-state index contributed by atoms with van der Waals surface area (Å²) in [4.78, 5) is 28.5. The van der Waals surface area contributed by atoms with Gasteiger partial charge in [-0.3, -0.25) is 9.59 Å². The molecule has 0 radical (unpaired) electrons. The highest BCUT2D eigenvalue weighted by atomic mass is 35.5. The Hall–Kier alpha value is -2.54. The van der Waals surface area contributed by atoms with Crippen LogP contribution in [0.5, 0.6) is 0 Å². The Morgan fingerprint density at radius 3 is 2.42 bits per heavy atom. The van der Waals surface area contributed by atoms with Crippen molar-refractivity contribution >= 4 is 46.8 Å². The van der Waals surface area contributed by atoms with Gasteiger partial charge >= 0.3 is 0 Å². The lowest BCUT2D eigenvalue weighted by Gasteiger charge is -2.32. The molecule has 4 nitrogen and oxygen atoms in total. The quantitative estimate of drug-likeness (QED) is 0.281. The van der Waals surface area contributed by atoms with E-state index in [1.54, 1.807) is 41.3 Å². The molecule has 190 valence electrons. The van der Waals surface area contributed by atoms with Gasteiger partial charge in [0.1, 0.15) is 11.9 Å². The van der Waals surface area contributed by atoms with Gasteiger partial charge in [0.15, 0.2) is 0 Å². The first-order valence-corrected chi connectivity index (χ1v) is 13.7. The molecule has 3 aromatic rings. The summed E-state index contributed by atoms with van der Waals surface area (Å²) in [5.41, 5.74) is 2.16. The molecule has 3 rings (SSSR count). The third-order valence-electron chi connectivity index (χ3n) is 5.62. The van der Waals surface area contributed by atoms with E-state index in [4.69, 9.17) is 23.2 Å². The monoisotopic (exact) mass is 546 g/mol. The first kappa shape index (κ1) is 28.0. The van der Waals surface area contributed by atoms with Crippen LogP contribution in [-0.4, -0.2) is 35.1 Å². The van der Waals surface area contributed by atoms with Crippen LogP contribution < -0.4 is 5.32 Å². The minimum atomic E-state index is -0.743. The van der Waals surface area contributed by atoms with Crippen LogP contribution in [0.25, 0.3) is 0 Å². The largest absolute Gasteiger partial charge is 0.354 e. The Balaban J connectivity index is 1.87. The fourth-order valence-corrected chi connectivity index (χ4v) is 5.06. The Bertz CT molecular complexity index is 1160. The molecule has 0 aromatic heterocycles. The van der Waals surface area contributed by atoms with Gasteiger partial charge in [0.2, 0.25) is 11.8 Å². The minimum Gasteiger partial charge on any atom is -0.354 e. The lowest BCUT2D eigenvalue weighted by Crippen LogP contribution is -2.51. The van der Waals surface area contributed by atoms with Gasteiger partial charge in [-0.05, 0) is 41.3 Å². The SMILES string of the molecule is CCCNC(=O)[C@@H](Cc1ccccc1)N(Cc1ccc(Cl)cc1Cl)C(=O)CSCc1ccccc1F. The molecule has 0 aliphatic carbocycles. The van der Waals surface area contributed by atoms with Crippen molar-refractivity contribution in [2.24, 2.45) is 0 Å². The van der Waals surface area contributed by atoms with E-state index < -0.39 is 6.04 Å². The average Bonchev–Trinajstić information content (AvgIpc) is 2.87. The molecule has 1 atom stereocenters. The molecule has 0 saturated heterocycles. The van der Waals surface area contributed by atoms with Crippen molar-refractivity contribution in [2.45, 2.75) is 38.1 Å². The van der Waals surface area contributed by atoms with Gasteiger partial charge in [0.25, 0.3) is 0 Å². The second-order valence-corrected chi connectivity index (χ2v) is 10.2. The molecule has 0 unspecified atom stereocenters. The Morgan fingerprint density at radius 2 is 1.72 bits per heavy atom. The van der Waals surface area contributed by atoms with Crippen LogP contribution in [0, 0.1) is 5.82 Å². The molecule has 0 saturated carbocycles. The Kier molecular flexibility index (Phi) is 11.1. The van der Waals surface area contributed by atoms with Crippen molar-refractivity contribution in [3.8, 4) is 0 Å². The van der Waals surface area contributed by atoms with Crippen LogP contribution in [0.3, 0.4) is 0 Å². The van der Waals surface area contributed by atoms with Gasteiger partial charge in [-0.15, -0.1) is 11.8 Å². The molecule has 0 aliphatic rings. The zero-order valence-electron chi connectivity index (χ0n) is 20.1. The maximum absolute atomic E-state index is 14.0. The normalized spacial score (nSPS) is 11.7. The summed E-state index contributed by atoms with van der Waals surface area (Å²) >= 11 is 13.8. The van der Waals surface area contributed by atoms with E-state index in [1.807, 2.05) is 37.3 Å². The van der Waals surface area contributed by atoms with E-state index in [0.29, 0.717) is 39.9 Å². The highest BCUT2D eigenvalue weighted by Gasteiger charge is 2.30. The first-order chi connectivity index (χ1) is 17.4. The molecular formula is C28H29Cl2FN2O2S. The average molecular weight is 548 g/mol. The fraction of sp³-hybridized carbons (Fsp3) is 0.286. The van der Waals surface area contributed by atoms with Crippen LogP contribution in [0.15, 0.2) is 72.8 Å². The topological polar surface area (TPSA) is 49.4 Å². The summed E-state index contributed by atoms with van der Waals surface area (Å²) in [6.45, 7) is 2.63. The molecular weight excluding hydrogens is 518 g/mol. The number of carbonyl (C=O) groups is 2. The number of thioether (sulfide) groups is 1. The molecule has 0 bridgehead atoms. The lowest BCUT2D eigenvalue weighted by atomic mass is 10.0. The second-order valence-electron chi connectivity index (χ2n) is 8.34. The van der Waals surface area contributed by atoms with Gasteiger partial charge in [0, 0.05) is 35.3 Å². The molecule has 3 aromatic carbocycles. The van der Waals surface area contributed by atoms with E-state index in [-0.39, 0.29) is 29.9 Å². The van der Waals surface area contributed by atoms with Crippen LogP contribution in [0.4, 0.5) is 4.39 Å². The first-order valence-electron chi connectivity index (χ1n) is 11.7. The number of nitrogens with zero attached hydrogens (tertiary/aromatic N) is 1. The molecule has 0 aliphatic heterocycles. The van der Waals surface area contributed by atoms with E-state index in [2.05, 4.69) is 5.32 Å². The summed E-state index contributed by atoms with van der Waals surface area (Å²) in [6, 6.07) is 20.5. The van der Waals surface area contributed by atoms with Crippen LogP contribution >= 0.6 is 35.0 Å². The van der Waals surface area contributed by atoms with Crippen LogP contribution in [0.1, 0.15) is 30.0 Å². The smallest absolute Gasteiger partial charge is 0.243 e. The maximum Gasteiger partial charge on any atom is 0.243 e. The van der Waals surface area contributed by atoms with E-state index in [9.17, 15) is 14.0 Å². The van der Waals surface area contributed by atoms with E-state index in [1.165, 1.54) is 17.8 Å². The molecule has 0 fully saturated rings. The summed E-state index contributed by atoms with van der Waals surface area (Å²) in [5.74, 6) is -0.318. The zero-order valence-corrected chi connectivity index (χ0v) is 22.4. The van der Waals surface area contributed by atoms with Gasteiger partial charge < -0.3 is 10.2 Å².